The van der Waals surface area contributed by atoms with Gasteiger partial charge in [0.05, 0.1) is 4.92 Å². The third-order valence-electron chi connectivity index (χ3n) is 3.41. The Hall–Kier alpha value is -2.11. The highest BCUT2D eigenvalue weighted by Gasteiger charge is 2.25. The first-order valence-electron chi connectivity index (χ1n) is 6.23. The number of anilines is 1. The van der Waals surface area contributed by atoms with Gasteiger partial charge in [0.15, 0.2) is 0 Å². The number of hydrogen-bond donors (Lipinski definition) is 1. The van der Waals surface area contributed by atoms with Gasteiger partial charge < -0.3 is 10.2 Å². The summed E-state index contributed by atoms with van der Waals surface area (Å²) in [6.45, 7) is 2.30. The van der Waals surface area contributed by atoms with E-state index in [0.29, 0.717) is 30.6 Å². The molecule has 0 saturated carbocycles. The van der Waals surface area contributed by atoms with Crippen molar-refractivity contribution < 1.29 is 9.72 Å². The second-order valence-electron chi connectivity index (χ2n) is 4.88. The molecule has 19 heavy (non-hydrogen) atoms. The normalized spacial score (nSPS) is 19.4. The van der Waals surface area contributed by atoms with Gasteiger partial charge in [0, 0.05) is 31.6 Å². The summed E-state index contributed by atoms with van der Waals surface area (Å²) in [6, 6.07) is 5.28. The highest BCUT2D eigenvalue weighted by atomic mass is 16.6. The molecule has 1 aromatic rings. The number of nitro groups is 1. The van der Waals surface area contributed by atoms with Crippen molar-refractivity contribution in [3.63, 3.8) is 0 Å². The highest BCUT2D eigenvalue weighted by molar-refractivity contribution is 5.77. The largest absolute Gasteiger partial charge is 0.375 e. The molecule has 1 atom stereocenters. The average Bonchev–Trinajstić information content (AvgIpc) is 2.33. The first-order chi connectivity index (χ1) is 8.99. The molecule has 1 heterocycles. The summed E-state index contributed by atoms with van der Waals surface area (Å²) in [7, 11) is 1.75. The van der Waals surface area contributed by atoms with Crippen LogP contribution in [-0.4, -0.2) is 35.4 Å². The van der Waals surface area contributed by atoms with Gasteiger partial charge in [0.2, 0.25) is 5.91 Å². The van der Waals surface area contributed by atoms with E-state index in [9.17, 15) is 14.9 Å². The van der Waals surface area contributed by atoms with E-state index in [-0.39, 0.29) is 22.6 Å². The quantitative estimate of drug-likeness (QED) is 0.668. The zero-order chi connectivity index (χ0) is 14.0. The maximum atomic E-state index is 11.4. The minimum atomic E-state index is -0.366. The van der Waals surface area contributed by atoms with Crippen molar-refractivity contribution in [2.45, 2.75) is 25.8 Å². The maximum absolute atomic E-state index is 11.4. The molecule has 0 aromatic heterocycles. The lowest BCUT2D eigenvalue weighted by Crippen LogP contribution is -2.43. The van der Waals surface area contributed by atoms with E-state index in [1.54, 1.807) is 37.1 Å². The van der Waals surface area contributed by atoms with Crippen LogP contribution < -0.4 is 5.32 Å². The van der Waals surface area contributed by atoms with Crippen LogP contribution in [0.2, 0.25) is 0 Å². The van der Waals surface area contributed by atoms with E-state index in [0.717, 1.165) is 0 Å². The standard InChI is InChI=1S/C13H17N3O3/c1-9-4-3-5-11(13(9)16(18)19)14-10-6-7-12(17)15(2)8-10/h3-5,10,14H,6-8H2,1-2H3. The summed E-state index contributed by atoms with van der Waals surface area (Å²) in [5.74, 6) is 0.122. The van der Waals surface area contributed by atoms with Crippen LogP contribution in [0.15, 0.2) is 18.2 Å². The number of para-hydroxylation sites is 1. The van der Waals surface area contributed by atoms with Gasteiger partial charge in [-0.05, 0) is 19.4 Å². The SMILES string of the molecule is Cc1cccc(NC2CCC(=O)N(C)C2)c1[N+](=O)[O-]. The summed E-state index contributed by atoms with van der Waals surface area (Å²) in [6.07, 6.45) is 1.18. The number of rotatable bonds is 3. The van der Waals surface area contributed by atoms with Crippen LogP contribution in [0.25, 0.3) is 0 Å². The van der Waals surface area contributed by atoms with Crippen LogP contribution in [0.5, 0.6) is 0 Å². The van der Waals surface area contributed by atoms with Gasteiger partial charge in [-0.2, -0.15) is 0 Å². The molecule has 2 rings (SSSR count). The van der Waals surface area contributed by atoms with Crippen LogP contribution in [-0.2, 0) is 4.79 Å². The predicted molar refractivity (Wildman–Crippen MR) is 72.1 cm³/mol. The number of nitro benzene ring substituents is 1. The summed E-state index contributed by atoms with van der Waals surface area (Å²) < 4.78 is 0. The van der Waals surface area contributed by atoms with Gasteiger partial charge >= 0.3 is 0 Å². The Bertz CT molecular complexity index is 516. The van der Waals surface area contributed by atoms with E-state index >= 15 is 0 Å². The lowest BCUT2D eigenvalue weighted by Gasteiger charge is -2.30. The van der Waals surface area contributed by atoms with Crippen molar-refractivity contribution in [2.75, 3.05) is 18.9 Å². The molecule has 1 aliphatic rings. The van der Waals surface area contributed by atoms with Crippen LogP contribution >= 0.6 is 0 Å². The number of likely N-dealkylation sites (tertiary alicyclic amines) is 1. The number of piperidine rings is 1. The molecule has 6 nitrogen and oxygen atoms in total. The molecule has 1 N–H and O–H groups in total. The third-order valence-corrected chi connectivity index (χ3v) is 3.41. The number of aryl methyl sites for hydroxylation is 1. The molecule has 102 valence electrons. The first-order valence-corrected chi connectivity index (χ1v) is 6.23. The van der Waals surface area contributed by atoms with Crippen molar-refractivity contribution >= 4 is 17.3 Å². The Labute approximate surface area is 111 Å². The molecule has 1 saturated heterocycles. The molecule has 1 unspecified atom stereocenters. The molecule has 1 fully saturated rings. The van der Waals surface area contributed by atoms with Crippen LogP contribution in [0.3, 0.4) is 0 Å². The molecule has 1 amide bonds. The van der Waals surface area contributed by atoms with E-state index in [1.807, 2.05) is 0 Å². The third kappa shape index (κ3) is 2.83. The fraction of sp³-hybridized carbons (Fsp3) is 0.462. The van der Waals surface area contributed by atoms with Crippen LogP contribution in [0.4, 0.5) is 11.4 Å². The van der Waals surface area contributed by atoms with Crippen molar-refractivity contribution in [1.29, 1.82) is 0 Å². The fourth-order valence-electron chi connectivity index (χ4n) is 2.37. The van der Waals surface area contributed by atoms with Crippen LogP contribution in [0, 0.1) is 17.0 Å². The average molecular weight is 263 g/mol. The van der Waals surface area contributed by atoms with Crippen molar-refractivity contribution in [3.8, 4) is 0 Å². The van der Waals surface area contributed by atoms with Crippen molar-refractivity contribution in [3.05, 3.63) is 33.9 Å². The minimum absolute atomic E-state index is 0.0585. The number of hydrogen-bond acceptors (Lipinski definition) is 4. The number of nitrogens with one attached hydrogen (secondary N) is 1. The van der Waals surface area contributed by atoms with Gasteiger partial charge in [-0.25, -0.2) is 0 Å². The predicted octanol–water partition coefficient (Wildman–Crippen LogP) is 1.94. The summed E-state index contributed by atoms with van der Waals surface area (Å²) >= 11 is 0. The Morgan fingerprint density at radius 3 is 2.84 bits per heavy atom. The van der Waals surface area contributed by atoms with Gasteiger partial charge in [-0.1, -0.05) is 12.1 Å². The molecule has 1 aromatic carbocycles. The molecule has 0 radical (unpaired) electrons. The smallest absolute Gasteiger partial charge is 0.295 e. The summed E-state index contributed by atoms with van der Waals surface area (Å²) in [5, 5.41) is 14.3. The lowest BCUT2D eigenvalue weighted by atomic mass is 10.0. The topological polar surface area (TPSA) is 75.5 Å². The molecular formula is C13H17N3O3. The van der Waals surface area contributed by atoms with E-state index in [2.05, 4.69) is 5.32 Å². The number of benzene rings is 1. The van der Waals surface area contributed by atoms with E-state index in [4.69, 9.17) is 0 Å². The number of carbonyl (C=O) groups excluding carboxylic acids is 1. The zero-order valence-corrected chi connectivity index (χ0v) is 11.0. The maximum Gasteiger partial charge on any atom is 0.295 e. The summed E-state index contributed by atoms with van der Waals surface area (Å²) in [5.41, 5.74) is 1.27. The Morgan fingerprint density at radius 2 is 2.21 bits per heavy atom. The van der Waals surface area contributed by atoms with Crippen molar-refractivity contribution in [2.24, 2.45) is 0 Å². The second-order valence-corrected chi connectivity index (χ2v) is 4.88. The first kappa shape index (κ1) is 13.3. The molecular weight excluding hydrogens is 246 g/mol. The Morgan fingerprint density at radius 1 is 1.47 bits per heavy atom. The molecule has 1 aliphatic heterocycles. The molecule has 0 bridgehead atoms. The number of amides is 1. The number of nitrogens with zero attached hydrogens (tertiary/aromatic N) is 2. The van der Waals surface area contributed by atoms with Gasteiger partial charge in [-0.3, -0.25) is 14.9 Å². The second kappa shape index (κ2) is 5.26. The zero-order valence-electron chi connectivity index (χ0n) is 11.0. The Kier molecular flexibility index (Phi) is 3.69. The molecule has 0 spiro atoms. The van der Waals surface area contributed by atoms with Gasteiger partial charge in [-0.15, -0.1) is 0 Å². The molecule has 0 aliphatic carbocycles. The Balaban J connectivity index is 2.18. The van der Waals surface area contributed by atoms with E-state index in [1.165, 1.54) is 0 Å². The van der Waals surface area contributed by atoms with Gasteiger partial charge in [0.25, 0.3) is 5.69 Å². The highest BCUT2D eigenvalue weighted by Crippen LogP contribution is 2.29. The lowest BCUT2D eigenvalue weighted by molar-refractivity contribution is -0.384. The van der Waals surface area contributed by atoms with E-state index < -0.39 is 0 Å². The summed E-state index contributed by atoms with van der Waals surface area (Å²) in [4.78, 5) is 23.8. The molecule has 6 heteroatoms. The van der Waals surface area contributed by atoms with Crippen LogP contribution in [0.1, 0.15) is 18.4 Å². The number of likely N-dealkylation sites (N-methyl/N-ethyl adjacent to an activating group) is 1. The minimum Gasteiger partial charge on any atom is -0.375 e. The fourth-order valence-corrected chi connectivity index (χ4v) is 2.37. The van der Waals surface area contributed by atoms with Gasteiger partial charge in [0.1, 0.15) is 5.69 Å². The number of carbonyl (C=O) groups is 1. The van der Waals surface area contributed by atoms with Crippen molar-refractivity contribution in [1.82, 2.24) is 4.90 Å². The monoisotopic (exact) mass is 263 g/mol.